The van der Waals surface area contributed by atoms with Gasteiger partial charge < -0.3 is 19.5 Å². The quantitative estimate of drug-likeness (QED) is 0.579. The Bertz CT molecular complexity index is 1130. The molecule has 0 spiro atoms. The van der Waals surface area contributed by atoms with Gasteiger partial charge in [0, 0.05) is 56.4 Å². The number of nitrogens with zero attached hydrogens (tertiary/aromatic N) is 3. The lowest BCUT2D eigenvalue weighted by Gasteiger charge is -2.37. The number of carbonyl (C=O) groups is 1. The number of allylic oxidation sites excluding steroid dienone is 1. The highest BCUT2D eigenvalue weighted by atomic mass is 16.7. The molecule has 0 unspecified atom stereocenters. The molecule has 8 nitrogen and oxygen atoms in total. The monoisotopic (exact) mass is 511 g/mol. The molecule has 202 valence electrons. The number of hydrogen-bond donors (Lipinski definition) is 1. The van der Waals surface area contributed by atoms with Gasteiger partial charge in [-0.2, -0.15) is 0 Å². The van der Waals surface area contributed by atoms with Gasteiger partial charge >= 0.3 is 0 Å². The summed E-state index contributed by atoms with van der Waals surface area (Å²) in [6, 6.07) is 9.56. The van der Waals surface area contributed by atoms with Gasteiger partial charge in [-0.05, 0) is 57.7 Å². The number of aliphatic hydroxyl groups is 1. The molecule has 2 aliphatic heterocycles. The van der Waals surface area contributed by atoms with E-state index < -0.39 is 6.29 Å². The van der Waals surface area contributed by atoms with Crippen LogP contribution < -0.4 is 5.56 Å². The number of aliphatic hydroxyl groups excluding tert-OH is 1. The average Bonchev–Trinajstić information content (AvgIpc) is 3.10. The number of rotatable bonds is 8. The van der Waals surface area contributed by atoms with Crippen molar-refractivity contribution in [3.63, 3.8) is 0 Å². The molecule has 1 amide bonds. The Morgan fingerprint density at radius 2 is 1.78 bits per heavy atom. The van der Waals surface area contributed by atoms with Crippen molar-refractivity contribution in [2.75, 3.05) is 26.3 Å². The Labute approximate surface area is 219 Å². The number of ether oxygens (including phenoxy) is 2. The molecule has 1 saturated heterocycles. The molecule has 3 heterocycles. The summed E-state index contributed by atoms with van der Waals surface area (Å²) in [6.45, 7) is 5.71. The van der Waals surface area contributed by atoms with E-state index in [0.29, 0.717) is 38.1 Å². The molecule has 0 bridgehead atoms. The van der Waals surface area contributed by atoms with E-state index in [2.05, 4.69) is 0 Å². The molecule has 0 radical (unpaired) electrons. The van der Waals surface area contributed by atoms with Crippen LogP contribution in [0.5, 0.6) is 0 Å². The van der Waals surface area contributed by atoms with Crippen LogP contribution in [0.4, 0.5) is 0 Å². The summed E-state index contributed by atoms with van der Waals surface area (Å²) in [7, 11) is 1.88. The summed E-state index contributed by atoms with van der Waals surface area (Å²) in [5.41, 5.74) is 2.14. The van der Waals surface area contributed by atoms with Crippen molar-refractivity contribution >= 4 is 5.91 Å². The predicted molar refractivity (Wildman–Crippen MR) is 143 cm³/mol. The fourth-order valence-electron chi connectivity index (χ4n) is 5.67. The first-order valence-corrected chi connectivity index (χ1v) is 13.7. The van der Waals surface area contributed by atoms with E-state index in [9.17, 15) is 14.7 Å². The second kappa shape index (κ2) is 12.6. The highest BCUT2D eigenvalue weighted by Gasteiger charge is 2.41. The van der Waals surface area contributed by atoms with Gasteiger partial charge in [-0.15, -0.1) is 0 Å². The van der Waals surface area contributed by atoms with Gasteiger partial charge in [0.25, 0.3) is 11.5 Å². The van der Waals surface area contributed by atoms with Crippen LogP contribution in [0.3, 0.4) is 0 Å². The zero-order valence-electron chi connectivity index (χ0n) is 22.4. The highest BCUT2D eigenvalue weighted by molar-refractivity contribution is 5.91. The van der Waals surface area contributed by atoms with Gasteiger partial charge in [-0.3, -0.25) is 14.3 Å². The van der Waals surface area contributed by atoms with Gasteiger partial charge in [-0.1, -0.05) is 37.5 Å². The van der Waals surface area contributed by atoms with Crippen molar-refractivity contribution in [3.05, 3.63) is 63.8 Å². The average molecular weight is 512 g/mol. The van der Waals surface area contributed by atoms with Crippen LogP contribution in [0, 0.1) is 12.8 Å². The lowest BCUT2D eigenvalue weighted by Crippen LogP contribution is -2.42. The Kier molecular flexibility index (Phi) is 9.27. The second-order valence-corrected chi connectivity index (χ2v) is 10.1. The highest BCUT2D eigenvalue weighted by Crippen LogP contribution is 2.40. The normalized spacial score (nSPS) is 22.6. The van der Waals surface area contributed by atoms with Gasteiger partial charge in [0.05, 0.1) is 5.69 Å². The Balaban J connectivity index is 1.80. The minimum atomic E-state index is -0.676. The summed E-state index contributed by atoms with van der Waals surface area (Å²) in [5, 5.41) is 9.61. The summed E-state index contributed by atoms with van der Waals surface area (Å²) < 4.78 is 15.8. The molecule has 1 N–H and O–H groups in total. The number of carbonyl (C=O) groups excluding carboxylic acids is 1. The van der Waals surface area contributed by atoms with E-state index >= 15 is 0 Å². The standard InChI is InChI=1S/C29H41N3O5/c1-4-36-29-23(16-13-19-33)24(20-25(37-29)27(34)31-17-11-6-5-7-12-18-31)26-21(2)30(3)32(28(26)35)22-14-9-8-10-15-22/h8-10,14-15,20,23-24,29,33H,4-7,11-13,16-19H2,1-3H3/t23-,24+,29-/m1/s1. The van der Waals surface area contributed by atoms with Crippen molar-refractivity contribution in [2.45, 2.75) is 71.0 Å². The molecule has 3 atom stereocenters. The lowest BCUT2D eigenvalue weighted by atomic mass is 9.80. The van der Waals surface area contributed by atoms with Gasteiger partial charge in [-0.25, -0.2) is 4.68 Å². The topological polar surface area (TPSA) is 85.9 Å². The molecule has 1 aromatic heterocycles. The van der Waals surface area contributed by atoms with Gasteiger partial charge in [0.1, 0.15) is 0 Å². The number of para-hydroxylation sites is 1. The SMILES string of the molecule is CCO[C@@H]1OC(C(=O)N2CCCCCCC2)=C[C@H](c2c(C)n(C)n(-c3ccccc3)c2=O)[C@H]1CCCO. The van der Waals surface area contributed by atoms with Gasteiger partial charge in [0.2, 0.25) is 6.29 Å². The maximum Gasteiger partial charge on any atom is 0.288 e. The van der Waals surface area contributed by atoms with Crippen LogP contribution in [-0.4, -0.2) is 57.9 Å². The van der Waals surface area contributed by atoms with Crippen molar-refractivity contribution in [3.8, 4) is 5.69 Å². The fourth-order valence-corrected chi connectivity index (χ4v) is 5.67. The minimum Gasteiger partial charge on any atom is -0.459 e. The molecule has 4 rings (SSSR count). The first-order valence-electron chi connectivity index (χ1n) is 13.7. The van der Waals surface area contributed by atoms with Crippen molar-refractivity contribution in [1.29, 1.82) is 0 Å². The maximum absolute atomic E-state index is 13.9. The minimum absolute atomic E-state index is 0.0351. The number of likely N-dealkylation sites (tertiary alicyclic amines) is 1. The molecule has 0 aliphatic carbocycles. The molecule has 1 fully saturated rings. The second-order valence-electron chi connectivity index (χ2n) is 10.1. The van der Waals surface area contributed by atoms with Crippen LogP contribution >= 0.6 is 0 Å². The Hall–Kier alpha value is -2.84. The fraction of sp³-hybridized carbons (Fsp3) is 0.586. The Morgan fingerprint density at radius 1 is 1.11 bits per heavy atom. The zero-order chi connectivity index (χ0) is 26.4. The van der Waals surface area contributed by atoms with Crippen molar-refractivity contribution in [2.24, 2.45) is 13.0 Å². The smallest absolute Gasteiger partial charge is 0.288 e. The number of hydrogen-bond acceptors (Lipinski definition) is 5. The number of amides is 1. The lowest BCUT2D eigenvalue weighted by molar-refractivity contribution is -0.170. The van der Waals surface area contributed by atoms with Crippen molar-refractivity contribution < 1.29 is 19.4 Å². The van der Waals surface area contributed by atoms with E-state index in [1.807, 2.05) is 66.9 Å². The van der Waals surface area contributed by atoms with Crippen LogP contribution in [0.15, 0.2) is 47.0 Å². The van der Waals surface area contributed by atoms with Crippen LogP contribution in [0.1, 0.15) is 69.0 Å². The van der Waals surface area contributed by atoms with E-state index in [-0.39, 0.29) is 35.7 Å². The summed E-state index contributed by atoms with van der Waals surface area (Å²) in [6.07, 6.45) is 7.75. The third-order valence-corrected chi connectivity index (χ3v) is 7.70. The number of aromatic nitrogens is 2. The summed E-state index contributed by atoms with van der Waals surface area (Å²) in [4.78, 5) is 29.5. The molecule has 37 heavy (non-hydrogen) atoms. The van der Waals surface area contributed by atoms with Crippen molar-refractivity contribution in [1.82, 2.24) is 14.3 Å². The van der Waals surface area contributed by atoms with E-state index in [1.165, 1.54) is 6.42 Å². The predicted octanol–water partition coefficient (Wildman–Crippen LogP) is 4.03. The third kappa shape index (κ3) is 5.85. The largest absolute Gasteiger partial charge is 0.459 e. The molecule has 1 aromatic carbocycles. The number of benzene rings is 1. The van der Waals surface area contributed by atoms with E-state index in [4.69, 9.17) is 9.47 Å². The molecule has 0 saturated carbocycles. The van der Waals surface area contributed by atoms with Crippen LogP contribution in [0.2, 0.25) is 0 Å². The molecule has 2 aromatic rings. The molecule has 8 heteroatoms. The third-order valence-electron chi connectivity index (χ3n) is 7.70. The van der Waals surface area contributed by atoms with Gasteiger partial charge in [0.15, 0.2) is 5.76 Å². The Morgan fingerprint density at radius 3 is 2.43 bits per heavy atom. The summed E-state index contributed by atoms with van der Waals surface area (Å²) in [5.74, 6) is -0.462. The molecule has 2 aliphatic rings. The van der Waals surface area contributed by atoms with E-state index in [0.717, 1.165) is 37.1 Å². The van der Waals surface area contributed by atoms with Crippen LogP contribution in [0.25, 0.3) is 5.69 Å². The molecular formula is C29H41N3O5. The zero-order valence-corrected chi connectivity index (χ0v) is 22.4. The first-order chi connectivity index (χ1) is 18.0. The van der Waals surface area contributed by atoms with E-state index in [1.54, 1.807) is 4.68 Å². The van der Waals surface area contributed by atoms with Crippen LogP contribution in [-0.2, 0) is 21.3 Å². The maximum atomic E-state index is 13.9. The summed E-state index contributed by atoms with van der Waals surface area (Å²) >= 11 is 0. The first kappa shape index (κ1) is 27.2. The molecular weight excluding hydrogens is 470 g/mol.